The predicted molar refractivity (Wildman–Crippen MR) is 115 cm³/mol. The van der Waals surface area contributed by atoms with Crippen molar-refractivity contribution in [3.8, 4) is 0 Å². The van der Waals surface area contributed by atoms with Crippen molar-refractivity contribution in [1.82, 2.24) is 25.2 Å². The number of amides is 2. The minimum Gasteiger partial charge on any atom is -0.344 e. The van der Waals surface area contributed by atoms with Crippen LogP contribution in [0.3, 0.4) is 0 Å². The molecule has 1 aromatic carbocycles. The van der Waals surface area contributed by atoms with Gasteiger partial charge in [-0.2, -0.15) is 11.8 Å². The topological polar surface area (TPSA) is 88.4 Å². The zero-order chi connectivity index (χ0) is 20.8. The quantitative estimate of drug-likeness (QED) is 0.595. The van der Waals surface area contributed by atoms with Crippen molar-refractivity contribution < 1.29 is 9.59 Å². The first-order valence-electron chi connectivity index (χ1n) is 9.42. The van der Waals surface area contributed by atoms with Crippen LogP contribution >= 0.6 is 11.8 Å². The van der Waals surface area contributed by atoms with E-state index in [9.17, 15) is 9.59 Å². The lowest BCUT2D eigenvalue weighted by Gasteiger charge is -2.17. The first-order valence-corrected chi connectivity index (χ1v) is 10.8. The molecule has 2 heterocycles. The Morgan fingerprint density at radius 3 is 2.62 bits per heavy atom. The Morgan fingerprint density at radius 2 is 1.90 bits per heavy atom. The Balaban J connectivity index is 1.66. The third-order valence-corrected chi connectivity index (χ3v) is 5.13. The summed E-state index contributed by atoms with van der Waals surface area (Å²) >= 11 is 1.70. The number of carbonyl (C=O) groups excluding carboxylic acids is 2. The van der Waals surface area contributed by atoms with Gasteiger partial charge in [-0.05, 0) is 56.5 Å². The summed E-state index contributed by atoms with van der Waals surface area (Å²) in [6, 6.07) is 11.0. The molecule has 0 radical (unpaired) electrons. The average Bonchev–Trinajstić information content (AvgIpc) is 3.12. The first kappa shape index (κ1) is 20.9. The summed E-state index contributed by atoms with van der Waals surface area (Å²) in [6.07, 6.45) is 4.61. The van der Waals surface area contributed by atoms with E-state index in [0.29, 0.717) is 17.8 Å². The van der Waals surface area contributed by atoms with Crippen LogP contribution in [-0.4, -0.2) is 45.0 Å². The highest BCUT2D eigenvalue weighted by Crippen LogP contribution is 2.18. The van der Waals surface area contributed by atoms with E-state index < -0.39 is 0 Å². The molecule has 0 aliphatic rings. The molecule has 0 saturated heterocycles. The molecule has 0 saturated carbocycles. The maximum Gasteiger partial charge on any atom is 0.251 e. The highest BCUT2D eigenvalue weighted by molar-refractivity contribution is 7.98. The molecule has 0 aliphatic heterocycles. The number of carbonyl (C=O) groups is 2. The van der Waals surface area contributed by atoms with E-state index in [2.05, 4.69) is 20.8 Å². The van der Waals surface area contributed by atoms with E-state index >= 15 is 0 Å². The molecule has 3 rings (SSSR count). The number of hydrogen-bond donors (Lipinski definition) is 2. The van der Waals surface area contributed by atoms with Gasteiger partial charge in [0.15, 0.2) is 11.5 Å². The minimum atomic E-state index is -0.287. The molecule has 29 heavy (non-hydrogen) atoms. The molecule has 3 aromatic rings. The van der Waals surface area contributed by atoms with Gasteiger partial charge >= 0.3 is 0 Å². The molecule has 7 nitrogen and oxygen atoms in total. The number of nitrogens with one attached hydrogen (secondary N) is 2. The van der Waals surface area contributed by atoms with E-state index in [1.807, 2.05) is 67.1 Å². The van der Waals surface area contributed by atoms with Crippen LogP contribution in [0.4, 0.5) is 0 Å². The number of rotatable bonds is 8. The van der Waals surface area contributed by atoms with E-state index in [1.54, 1.807) is 11.8 Å². The molecule has 2 amide bonds. The fraction of sp³-hybridized carbons (Fsp3) is 0.333. The number of aryl methyl sites for hydroxylation is 2. The van der Waals surface area contributed by atoms with Gasteiger partial charge in [-0.25, -0.2) is 0 Å². The molecule has 0 spiro atoms. The second kappa shape index (κ2) is 9.56. The van der Waals surface area contributed by atoms with Crippen molar-refractivity contribution in [2.75, 3.05) is 18.6 Å². The summed E-state index contributed by atoms with van der Waals surface area (Å²) in [5, 5.41) is 14.1. The predicted octanol–water partition coefficient (Wildman–Crippen LogP) is 2.69. The monoisotopic (exact) mass is 411 g/mol. The zero-order valence-corrected chi connectivity index (χ0v) is 17.6. The Labute approximate surface area is 174 Å². The summed E-state index contributed by atoms with van der Waals surface area (Å²) in [5.41, 5.74) is 3.30. The van der Waals surface area contributed by atoms with Gasteiger partial charge in [0.2, 0.25) is 5.91 Å². The molecule has 1 unspecified atom stereocenters. The Bertz CT molecular complexity index is 997. The van der Waals surface area contributed by atoms with Crippen molar-refractivity contribution in [2.24, 2.45) is 0 Å². The van der Waals surface area contributed by atoms with Crippen molar-refractivity contribution >= 4 is 29.2 Å². The van der Waals surface area contributed by atoms with Crippen LogP contribution in [0.2, 0.25) is 0 Å². The van der Waals surface area contributed by atoms with Crippen LogP contribution in [0.5, 0.6) is 0 Å². The maximum absolute atomic E-state index is 12.5. The van der Waals surface area contributed by atoms with Gasteiger partial charge in [-0.15, -0.1) is 10.2 Å². The lowest BCUT2D eigenvalue weighted by atomic mass is 10.1. The first-order chi connectivity index (χ1) is 14.0. The molecule has 2 aromatic heterocycles. The summed E-state index contributed by atoms with van der Waals surface area (Å²) in [4.78, 5) is 24.9. The number of benzene rings is 1. The normalized spacial score (nSPS) is 12.0. The van der Waals surface area contributed by atoms with Crippen molar-refractivity contribution in [3.05, 3.63) is 65.1 Å². The van der Waals surface area contributed by atoms with E-state index in [1.165, 1.54) is 0 Å². The summed E-state index contributed by atoms with van der Waals surface area (Å²) < 4.78 is 1.87. The van der Waals surface area contributed by atoms with Gasteiger partial charge in [-0.1, -0.05) is 23.3 Å². The Hall–Kier alpha value is -2.87. The second-order valence-electron chi connectivity index (χ2n) is 6.95. The molecule has 0 bridgehead atoms. The van der Waals surface area contributed by atoms with Crippen LogP contribution in [0, 0.1) is 13.8 Å². The molecule has 152 valence electrons. The largest absolute Gasteiger partial charge is 0.344 e. The highest BCUT2D eigenvalue weighted by atomic mass is 32.2. The molecule has 0 aliphatic carbocycles. The van der Waals surface area contributed by atoms with E-state index in [4.69, 9.17) is 0 Å². The van der Waals surface area contributed by atoms with Crippen molar-refractivity contribution in [1.29, 1.82) is 0 Å². The molecular formula is C21H25N5O2S. The van der Waals surface area contributed by atoms with Gasteiger partial charge in [0, 0.05) is 11.8 Å². The number of fused-ring (bicyclic) bond motifs is 1. The summed E-state index contributed by atoms with van der Waals surface area (Å²) in [7, 11) is 0. The van der Waals surface area contributed by atoms with Gasteiger partial charge in [0.25, 0.3) is 5.91 Å². The van der Waals surface area contributed by atoms with Crippen molar-refractivity contribution in [3.63, 3.8) is 0 Å². The van der Waals surface area contributed by atoms with E-state index in [-0.39, 0.29) is 24.4 Å². The molecule has 8 heteroatoms. The molecule has 0 fully saturated rings. The van der Waals surface area contributed by atoms with Crippen LogP contribution in [-0.2, 0) is 4.79 Å². The lowest BCUT2D eigenvalue weighted by Crippen LogP contribution is -2.39. The number of pyridine rings is 1. The Kier molecular flexibility index (Phi) is 6.87. The maximum atomic E-state index is 12.5. The number of hydrogen-bond acceptors (Lipinski definition) is 5. The molecule has 2 N–H and O–H groups in total. The SMILES string of the molecule is CSCCC(NC(=O)CNC(=O)c1cc(C)cc(C)c1)c1nnc2ccccn12. The van der Waals surface area contributed by atoms with Gasteiger partial charge in [0.1, 0.15) is 0 Å². The summed E-state index contributed by atoms with van der Waals surface area (Å²) in [6.45, 7) is 3.78. The number of aromatic nitrogens is 3. The van der Waals surface area contributed by atoms with Crippen LogP contribution < -0.4 is 10.6 Å². The second-order valence-corrected chi connectivity index (χ2v) is 7.93. The molecule has 1 atom stereocenters. The zero-order valence-electron chi connectivity index (χ0n) is 16.8. The van der Waals surface area contributed by atoms with E-state index in [0.717, 1.165) is 22.5 Å². The highest BCUT2D eigenvalue weighted by Gasteiger charge is 2.20. The fourth-order valence-electron chi connectivity index (χ4n) is 3.21. The van der Waals surface area contributed by atoms with Crippen LogP contribution in [0.1, 0.15) is 39.8 Å². The van der Waals surface area contributed by atoms with Crippen LogP contribution in [0.15, 0.2) is 42.6 Å². The standard InChI is InChI=1S/C21H25N5O2S/c1-14-10-15(2)12-16(11-14)21(28)22-13-19(27)23-17(7-9-29-3)20-25-24-18-6-4-5-8-26(18)20/h4-6,8,10-12,17H,7,9,13H2,1-3H3,(H,22,28)(H,23,27). The third kappa shape index (κ3) is 5.35. The average molecular weight is 412 g/mol. The smallest absolute Gasteiger partial charge is 0.251 e. The molecular weight excluding hydrogens is 386 g/mol. The minimum absolute atomic E-state index is 0.0989. The summed E-state index contributed by atoms with van der Waals surface area (Å²) in [5.74, 6) is 1.02. The number of nitrogens with zero attached hydrogens (tertiary/aromatic N) is 3. The van der Waals surface area contributed by atoms with Gasteiger partial charge in [-0.3, -0.25) is 14.0 Å². The van der Waals surface area contributed by atoms with Gasteiger partial charge < -0.3 is 10.6 Å². The third-order valence-electron chi connectivity index (χ3n) is 4.49. The number of thioether (sulfide) groups is 1. The van der Waals surface area contributed by atoms with Crippen molar-refractivity contribution in [2.45, 2.75) is 26.3 Å². The fourth-order valence-corrected chi connectivity index (χ4v) is 3.68. The van der Waals surface area contributed by atoms with Crippen LogP contribution in [0.25, 0.3) is 5.65 Å². The van der Waals surface area contributed by atoms with Gasteiger partial charge in [0.05, 0.1) is 12.6 Å². The Morgan fingerprint density at radius 1 is 1.14 bits per heavy atom. The lowest BCUT2D eigenvalue weighted by molar-refractivity contribution is -0.120.